The van der Waals surface area contributed by atoms with Gasteiger partial charge in [-0.2, -0.15) is 0 Å². The fourth-order valence-corrected chi connectivity index (χ4v) is 2.66. The van der Waals surface area contributed by atoms with Crippen LogP contribution in [-0.2, 0) is 17.6 Å². The third-order valence-corrected chi connectivity index (χ3v) is 3.92. The van der Waals surface area contributed by atoms with Crippen LogP contribution in [0.5, 0.6) is 5.75 Å². The maximum Gasteiger partial charge on any atom is 0.122 e. The molecule has 0 saturated heterocycles. The highest BCUT2D eigenvalue weighted by atomic mass is 16.5. The van der Waals surface area contributed by atoms with Gasteiger partial charge in [0.15, 0.2) is 0 Å². The first kappa shape index (κ1) is 14.1. The van der Waals surface area contributed by atoms with E-state index < -0.39 is 6.10 Å². The lowest BCUT2D eigenvalue weighted by Crippen LogP contribution is -2.01. The molecule has 3 nitrogen and oxygen atoms in total. The number of aliphatic hydroxyl groups is 1. The average molecular weight is 284 g/mol. The Morgan fingerprint density at radius 2 is 1.90 bits per heavy atom. The second-order valence-electron chi connectivity index (χ2n) is 5.35. The lowest BCUT2D eigenvalue weighted by atomic mass is 9.98. The molecule has 110 valence electrons. The minimum Gasteiger partial charge on any atom is -0.493 e. The van der Waals surface area contributed by atoms with Gasteiger partial charge in [0.25, 0.3) is 0 Å². The molecular weight excluding hydrogens is 264 g/mol. The number of ether oxygens (including phenoxy) is 2. The fraction of sp³-hybridized carbons (Fsp3) is 0.333. The van der Waals surface area contributed by atoms with Crippen molar-refractivity contribution in [3.8, 4) is 5.75 Å². The average Bonchev–Trinajstić information content (AvgIpc) is 3.00. The van der Waals surface area contributed by atoms with E-state index >= 15 is 0 Å². The largest absolute Gasteiger partial charge is 0.493 e. The highest BCUT2D eigenvalue weighted by Crippen LogP contribution is 2.30. The molecule has 0 fully saturated rings. The van der Waals surface area contributed by atoms with Gasteiger partial charge in [-0.05, 0) is 40.8 Å². The Kier molecular flexibility index (Phi) is 4.23. The van der Waals surface area contributed by atoms with Crippen LogP contribution in [0.1, 0.15) is 28.4 Å². The van der Waals surface area contributed by atoms with Crippen molar-refractivity contribution in [2.24, 2.45) is 0 Å². The topological polar surface area (TPSA) is 38.7 Å². The number of hydrogen-bond donors (Lipinski definition) is 1. The maximum atomic E-state index is 10.5. The quantitative estimate of drug-likeness (QED) is 0.917. The van der Waals surface area contributed by atoms with Crippen LogP contribution >= 0.6 is 0 Å². The first-order valence-corrected chi connectivity index (χ1v) is 7.29. The van der Waals surface area contributed by atoms with Crippen molar-refractivity contribution < 1.29 is 14.6 Å². The zero-order valence-electron chi connectivity index (χ0n) is 12.2. The van der Waals surface area contributed by atoms with Crippen LogP contribution in [0.4, 0.5) is 0 Å². The molecule has 0 amide bonds. The molecule has 3 rings (SSSR count). The second-order valence-corrected chi connectivity index (χ2v) is 5.35. The Labute approximate surface area is 125 Å². The normalized spacial score (nSPS) is 14.6. The molecule has 1 heterocycles. The standard InChI is InChI=1S/C18H20O3/c1-20-10-8-13-2-4-14(5-3-13)18(19)16-6-7-17-15(12-16)9-11-21-17/h2-7,12,18-19H,8-11H2,1H3. The zero-order valence-corrected chi connectivity index (χ0v) is 12.2. The van der Waals surface area contributed by atoms with Crippen molar-refractivity contribution in [1.82, 2.24) is 0 Å². The van der Waals surface area contributed by atoms with Crippen molar-refractivity contribution in [3.63, 3.8) is 0 Å². The van der Waals surface area contributed by atoms with Gasteiger partial charge >= 0.3 is 0 Å². The zero-order chi connectivity index (χ0) is 14.7. The Bertz CT molecular complexity index is 604. The van der Waals surface area contributed by atoms with Gasteiger partial charge in [0.05, 0.1) is 13.2 Å². The first-order chi connectivity index (χ1) is 10.3. The molecule has 0 aliphatic carbocycles. The molecule has 1 atom stereocenters. The molecule has 21 heavy (non-hydrogen) atoms. The summed E-state index contributed by atoms with van der Waals surface area (Å²) in [6.45, 7) is 1.45. The van der Waals surface area contributed by atoms with E-state index in [1.807, 2.05) is 42.5 Å². The molecule has 2 aromatic carbocycles. The summed E-state index contributed by atoms with van der Waals surface area (Å²) in [6, 6.07) is 14.0. The van der Waals surface area contributed by atoms with Crippen LogP contribution in [0.3, 0.4) is 0 Å². The molecule has 1 aliphatic heterocycles. The lowest BCUT2D eigenvalue weighted by Gasteiger charge is -2.13. The fourth-order valence-electron chi connectivity index (χ4n) is 2.66. The summed E-state index contributed by atoms with van der Waals surface area (Å²) in [5.74, 6) is 0.945. The van der Waals surface area contributed by atoms with Gasteiger partial charge in [-0.15, -0.1) is 0 Å². The van der Waals surface area contributed by atoms with E-state index in [1.54, 1.807) is 7.11 Å². The van der Waals surface area contributed by atoms with Crippen molar-refractivity contribution in [2.75, 3.05) is 20.3 Å². The molecule has 0 bridgehead atoms. The molecule has 0 radical (unpaired) electrons. The minimum absolute atomic E-state index is 0.590. The lowest BCUT2D eigenvalue weighted by molar-refractivity contribution is 0.202. The molecule has 3 heteroatoms. The predicted molar refractivity (Wildman–Crippen MR) is 81.7 cm³/mol. The van der Waals surface area contributed by atoms with Gasteiger partial charge in [0, 0.05) is 13.5 Å². The monoisotopic (exact) mass is 284 g/mol. The Morgan fingerprint density at radius 1 is 1.14 bits per heavy atom. The van der Waals surface area contributed by atoms with Crippen molar-refractivity contribution in [2.45, 2.75) is 18.9 Å². The third kappa shape index (κ3) is 3.09. The van der Waals surface area contributed by atoms with Crippen molar-refractivity contribution in [3.05, 3.63) is 64.7 Å². The summed E-state index contributed by atoms with van der Waals surface area (Å²) < 4.78 is 10.6. The SMILES string of the molecule is COCCc1ccc(C(O)c2ccc3c(c2)CCO3)cc1. The third-order valence-electron chi connectivity index (χ3n) is 3.92. The van der Waals surface area contributed by atoms with Crippen LogP contribution in [0.25, 0.3) is 0 Å². The summed E-state index contributed by atoms with van der Waals surface area (Å²) >= 11 is 0. The first-order valence-electron chi connectivity index (χ1n) is 7.29. The van der Waals surface area contributed by atoms with Crippen molar-refractivity contribution >= 4 is 0 Å². The van der Waals surface area contributed by atoms with Gasteiger partial charge in [-0.25, -0.2) is 0 Å². The minimum atomic E-state index is -0.590. The van der Waals surface area contributed by atoms with E-state index in [0.717, 1.165) is 36.3 Å². The molecule has 2 aromatic rings. The maximum absolute atomic E-state index is 10.5. The number of rotatable bonds is 5. The van der Waals surface area contributed by atoms with Gasteiger partial charge in [-0.1, -0.05) is 30.3 Å². The van der Waals surface area contributed by atoms with E-state index in [4.69, 9.17) is 9.47 Å². The summed E-state index contributed by atoms with van der Waals surface area (Å²) in [4.78, 5) is 0. The van der Waals surface area contributed by atoms with Gasteiger partial charge in [-0.3, -0.25) is 0 Å². The van der Waals surface area contributed by atoms with Crippen molar-refractivity contribution in [1.29, 1.82) is 0 Å². The number of aliphatic hydroxyl groups excluding tert-OH is 1. The summed E-state index contributed by atoms with van der Waals surface area (Å²) in [5, 5.41) is 10.5. The van der Waals surface area contributed by atoms with Crippen LogP contribution in [-0.4, -0.2) is 25.4 Å². The number of methoxy groups -OCH3 is 1. The molecule has 0 spiro atoms. The number of fused-ring (bicyclic) bond motifs is 1. The van der Waals surface area contributed by atoms with Gasteiger partial charge < -0.3 is 14.6 Å². The highest BCUT2D eigenvalue weighted by molar-refractivity contribution is 5.42. The van der Waals surface area contributed by atoms with E-state index in [9.17, 15) is 5.11 Å². The summed E-state index contributed by atoms with van der Waals surface area (Å²) in [6.07, 6.45) is 1.22. The van der Waals surface area contributed by atoms with Crippen LogP contribution in [0.15, 0.2) is 42.5 Å². The van der Waals surface area contributed by atoms with Crippen LogP contribution in [0.2, 0.25) is 0 Å². The van der Waals surface area contributed by atoms with Gasteiger partial charge in [0.1, 0.15) is 11.9 Å². The van der Waals surface area contributed by atoms with Crippen LogP contribution in [0, 0.1) is 0 Å². The van der Waals surface area contributed by atoms with Crippen LogP contribution < -0.4 is 4.74 Å². The predicted octanol–water partition coefficient (Wildman–Crippen LogP) is 2.89. The Balaban J connectivity index is 1.76. The summed E-state index contributed by atoms with van der Waals surface area (Å²) in [5.41, 5.74) is 4.23. The van der Waals surface area contributed by atoms with E-state index in [1.165, 1.54) is 11.1 Å². The molecule has 1 N–H and O–H groups in total. The second kappa shape index (κ2) is 6.29. The Morgan fingerprint density at radius 3 is 2.67 bits per heavy atom. The van der Waals surface area contributed by atoms with E-state index in [2.05, 4.69) is 0 Å². The highest BCUT2D eigenvalue weighted by Gasteiger charge is 2.16. The molecule has 0 saturated carbocycles. The molecule has 1 aliphatic rings. The van der Waals surface area contributed by atoms with Gasteiger partial charge in [0.2, 0.25) is 0 Å². The number of hydrogen-bond acceptors (Lipinski definition) is 3. The Hall–Kier alpha value is -1.84. The molecule has 0 aromatic heterocycles. The summed E-state index contributed by atoms with van der Waals surface area (Å²) in [7, 11) is 1.70. The van der Waals surface area contributed by atoms with E-state index in [0.29, 0.717) is 6.61 Å². The number of benzene rings is 2. The molecular formula is C18H20O3. The van der Waals surface area contributed by atoms with E-state index in [-0.39, 0.29) is 0 Å². The smallest absolute Gasteiger partial charge is 0.122 e. The molecule has 1 unspecified atom stereocenters.